The lowest BCUT2D eigenvalue weighted by Crippen LogP contribution is -2.34. The fraction of sp³-hybridized carbons (Fsp3) is 0.467. The number of nitrogens with one attached hydrogen (secondary N) is 1. The van der Waals surface area contributed by atoms with Crippen molar-refractivity contribution < 1.29 is 4.79 Å². The molecule has 23 heavy (non-hydrogen) atoms. The van der Waals surface area contributed by atoms with Crippen molar-refractivity contribution in [2.75, 3.05) is 18.4 Å². The predicted octanol–water partition coefficient (Wildman–Crippen LogP) is 1.92. The number of amides is 1. The second-order valence-corrected chi connectivity index (χ2v) is 6.98. The Kier molecular flexibility index (Phi) is 4.53. The summed E-state index contributed by atoms with van der Waals surface area (Å²) in [5.41, 5.74) is 6.22. The number of likely N-dealkylation sites (tertiary alicyclic amines) is 1. The van der Waals surface area contributed by atoms with Gasteiger partial charge in [-0.15, -0.1) is 11.3 Å². The highest BCUT2D eigenvalue weighted by Crippen LogP contribution is 2.30. The number of thiazole rings is 1. The van der Waals surface area contributed by atoms with Crippen LogP contribution in [-0.2, 0) is 4.79 Å². The largest absolute Gasteiger partial charge is 0.369 e. The second-order valence-electron chi connectivity index (χ2n) is 5.75. The Morgan fingerprint density at radius 1 is 1.48 bits per heavy atom. The van der Waals surface area contributed by atoms with Crippen LogP contribution in [0.25, 0.3) is 0 Å². The molecule has 1 fully saturated rings. The van der Waals surface area contributed by atoms with Gasteiger partial charge in [-0.3, -0.25) is 9.69 Å². The van der Waals surface area contributed by atoms with Crippen LogP contribution in [-0.4, -0.2) is 38.8 Å². The lowest BCUT2D eigenvalue weighted by molar-refractivity contribution is -0.119. The van der Waals surface area contributed by atoms with Gasteiger partial charge < -0.3 is 11.1 Å². The van der Waals surface area contributed by atoms with Gasteiger partial charge in [-0.1, -0.05) is 0 Å². The molecule has 1 saturated heterocycles. The standard InChI is InChI=1S/C15H20N6OS/c1-9-6-13(20-15-17-7-10(2)23-15)19-14(18-9)11-4-3-5-21(11)8-12(16)22/h6-7,11H,3-5,8H2,1-2H3,(H2,16,22)(H,17,18,19,20). The molecule has 1 unspecified atom stereocenters. The Morgan fingerprint density at radius 2 is 2.30 bits per heavy atom. The van der Waals surface area contributed by atoms with Crippen LogP contribution in [0.1, 0.15) is 35.3 Å². The summed E-state index contributed by atoms with van der Waals surface area (Å²) in [7, 11) is 0. The number of nitrogens with zero attached hydrogens (tertiary/aromatic N) is 4. The molecule has 3 rings (SSSR count). The van der Waals surface area contributed by atoms with Gasteiger partial charge in [0.2, 0.25) is 5.91 Å². The van der Waals surface area contributed by atoms with E-state index in [9.17, 15) is 4.79 Å². The average Bonchev–Trinajstić information content (AvgIpc) is 3.07. The van der Waals surface area contributed by atoms with Gasteiger partial charge in [0.25, 0.3) is 0 Å². The number of primary amides is 1. The number of carbonyl (C=O) groups is 1. The van der Waals surface area contributed by atoms with Crippen molar-refractivity contribution in [2.24, 2.45) is 5.73 Å². The molecule has 0 radical (unpaired) electrons. The lowest BCUT2D eigenvalue weighted by Gasteiger charge is -2.22. The van der Waals surface area contributed by atoms with Crippen LogP contribution in [0.4, 0.5) is 10.9 Å². The molecule has 2 aromatic heterocycles. The maximum atomic E-state index is 11.2. The Bertz CT molecular complexity index is 716. The zero-order valence-electron chi connectivity index (χ0n) is 13.2. The molecule has 2 aromatic rings. The van der Waals surface area contributed by atoms with Gasteiger partial charge >= 0.3 is 0 Å². The highest BCUT2D eigenvalue weighted by Gasteiger charge is 2.29. The molecule has 8 heteroatoms. The van der Waals surface area contributed by atoms with E-state index >= 15 is 0 Å². The molecule has 3 N–H and O–H groups in total. The van der Waals surface area contributed by atoms with Gasteiger partial charge in [0.15, 0.2) is 5.13 Å². The van der Waals surface area contributed by atoms with Crippen molar-refractivity contribution in [3.05, 3.63) is 28.7 Å². The molecule has 0 saturated carbocycles. The van der Waals surface area contributed by atoms with E-state index in [4.69, 9.17) is 5.73 Å². The van der Waals surface area contributed by atoms with Crippen LogP contribution in [0.15, 0.2) is 12.3 Å². The van der Waals surface area contributed by atoms with Crippen molar-refractivity contribution in [1.82, 2.24) is 19.9 Å². The van der Waals surface area contributed by atoms with Crippen molar-refractivity contribution in [1.29, 1.82) is 0 Å². The van der Waals surface area contributed by atoms with Crippen molar-refractivity contribution >= 4 is 28.2 Å². The molecule has 0 aromatic carbocycles. The maximum Gasteiger partial charge on any atom is 0.231 e. The minimum absolute atomic E-state index is 0.0426. The molecule has 0 aliphatic carbocycles. The maximum absolute atomic E-state index is 11.2. The zero-order valence-corrected chi connectivity index (χ0v) is 14.1. The summed E-state index contributed by atoms with van der Waals surface area (Å²) in [6.07, 6.45) is 3.78. The lowest BCUT2D eigenvalue weighted by atomic mass is 10.2. The number of anilines is 2. The number of aryl methyl sites for hydroxylation is 2. The first-order valence-corrected chi connectivity index (χ1v) is 8.40. The smallest absolute Gasteiger partial charge is 0.231 e. The van der Waals surface area contributed by atoms with E-state index in [1.165, 1.54) is 0 Å². The van der Waals surface area contributed by atoms with Crippen molar-refractivity contribution in [2.45, 2.75) is 32.7 Å². The number of nitrogens with two attached hydrogens (primary N) is 1. The van der Waals surface area contributed by atoms with Crippen molar-refractivity contribution in [3.63, 3.8) is 0 Å². The fourth-order valence-electron chi connectivity index (χ4n) is 2.83. The van der Waals surface area contributed by atoms with Crippen LogP contribution in [0.2, 0.25) is 0 Å². The Hall–Kier alpha value is -2.06. The Balaban J connectivity index is 1.83. The fourth-order valence-corrected chi connectivity index (χ4v) is 3.51. The number of rotatable bonds is 5. The van der Waals surface area contributed by atoms with E-state index < -0.39 is 0 Å². The monoisotopic (exact) mass is 332 g/mol. The van der Waals surface area contributed by atoms with Gasteiger partial charge in [-0.05, 0) is 33.2 Å². The average molecular weight is 332 g/mol. The summed E-state index contributed by atoms with van der Waals surface area (Å²) >= 11 is 1.58. The first-order valence-electron chi connectivity index (χ1n) is 7.58. The number of hydrogen-bond donors (Lipinski definition) is 2. The molecule has 1 amide bonds. The third-order valence-corrected chi connectivity index (χ3v) is 4.58. The Morgan fingerprint density at radius 3 is 3.00 bits per heavy atom. The highest BCUT2D eigenvalue weighted by molar-refractivity contribution is 7.15. The molecule has 0 spiro atoms. The first kappa shape index (κ1) is 15.8. The van der Waals surface area contributed by atoms with Crippen LogP contribution < -0.4 is 11.1 Å². The molecule has 122 valence electrons. The molecule has 7 nitrogen and oxygen atoms in total. The van der Waals surface area contributed by atoms with Crippen LogP contribution >= 0.6 is 11.3 Å². The minimum Gasteiger partial charge on any atom is -0.369 e. The van der Waals surface area contributed by atoms with E-state index in [0.29, 0.717) is 0 Å². The molecule has 3 heterocycles. The normalized spacial score (nSPS) is 18.3. The van der Waals surface area contributed by atoms with E-state index in [0.717, 1.165) is 46.7 Å². The van der Waals surface area contributed by atoms with E-state index in [1.54, 1.807) is 11.3 Å². The number of aromatic nitrogens is 3. The third kappa shape index (κ3) is 3.83. The predicted molar refractivity (Wildman–Crippen MR) is 89.6 cm³/mol. The molecular weight excluding hydrogens is 312 g/mol. The summed E-state index contributed by atoms with van der Waals surface area (Å²) in [6, 6.07) is 1.94. The van der Waals surface area contributed by atoms with E-state index in [-0.39, 0.29) is 18.5 Å². The minimum atomic E-state index is -0.318. The molecular formula is C15H20N6OS. The molecule has 1 aliphatic heterocycles. The molecule has 1 aliphatic rings. The van der Waals surface area contributed by atoms with Crippen LogP contribution in [0.5, 0.6) is 0 Å². The Labute approximate surface area is 139 Å². The summed E-state index contributed by atoms with van der Waals surface area (Å²) in [4.78, 5) is 27.9. The quantitative estimate of drug-likeness (QED) is 0.868. The van der Waals surface area contributed by atoms with Gasteiger partial charge in [0.1, 0.15) is 11.6 Å². The summed E-state index contributed by atoms with van der Waals surface area (Å²) in [5.74, 6) is 1.15. The van der Waals surface area contributed by atoms with E-state index in [1.807, 2.05) is 26.1 Å². The van der Waals surface area contributed by atoms with Gasteiger partial charge in [0, 0.05) is 22.8 Å². The van der Waals surface area contributed by atoms with E-state index in [2.05, 4.69) is 25.2 Å². The number of carbonyl (C=O) groups excluding carboxylic acids is 1. The molecule has 1 atom stereocenters. The third-order valence-electron chi connectivity index (χ3n) is 3.75. The second kappa shape index (κ2) is 6.59. The van der Waals surface area contributed by atoms with Crippen LogP contribution in [0, 0.1) is 13.8 Å². The summed E-state index contributed by atoms with van der Waals surface area (Å²) in [6.45, 7) is 5.05. The topological polar surface area (TPSA) is 97.0 Å². The molecule has 0 bridgehead atoms. The zero-order chi connectivity index (χ0) is 16.4. The van der Waals surface area contributed by atoms with Crippen molar-refractivity contribution in [3.8, 4) is 0 Å². The van der Waals surface area contributed by atoms with Gasteiger partial charge in [-0.2, -0.15) is 0 Å². The van der Waals surface area contributed by atoms with Gasteiger partial charge in [0.05, 0.1) is 12.6 Å². The van der Waals surface area contributed by atoms with Gasteiger partial charge in [-0.25, -0.2) is 15.0 Å². The van der Waals surface area contributed by atoms with Crippen LogP contribution in [0.3, 0.4) is 0 Å². The highest BCUT2D eigenvalue weighted by atomic mass is 32.1. The summed E-state index contributed by atoms with van der Waals surface area (Å²) < 4.78 is 0. The summed E-state index contributed by atoms with van der Waals surface area (Å²) in [5, 5.41) is 4.04. The first-order chi connectivity index (χ1) is 11.0. The number of hydrogen-bond acceptors (Lipinski definition) is 7. The SMILES string of the molecule is Cc1cc(Nc2ncc(C)s2)nc(C2CCCN2CC(N)=O)n1.